The predicted molar refractivity (Wildman–Crippen MR) is 107 cm³/mol. The van der Waals surface area contributed by atoms with Crippen LogP contribution in [-0.2, 0) is 4.79 Å². The number of benzene rings is 2. The molecule has 1 N–H and O–H groups in total. The van der Waals surface area contributed by atoms with Crippen LogP contribution in [0.1, 0.15) is 18.4 Å². The zero-order valence-corrected chi connectivity index (χ0v) is 16.3. The van der Waals surface area contributed by atoms with Gasteiger partial charge in [-0.15, -0.1) is 23.1 Å². The molecule has 0 unspecified atom stereocenters. The number of halogens is 2. The molecule has 3 rings (SSSR count). The van der Waals surface area contributed by atoms with Crippen LogP contribution >= 0.6 is 23.1 Å². The van der Waals surface area contributed by atoms with Crippen LogP contribution in [0.2, 0.25) is 0 Å². The number of aryl methyl sites for hydroxylation is 1. The Kier molecular flexibility index (Phi) is 6.58. The fourth-order valence-corrected chi connectivity index (χ4v) is 3.97. The second kappa shape index (κ2) is 9.10. The molecule has 1 amide bonds. The molecular weight excluding hydrogens is 386 g/mol. The SMILES string of the molecule is Cc1ccc(SCCCC(=O)Nc2nc(-c3ccc(F)cc3F)cs2)cc1. The maximum absolute atomic E-state index is 13.8. The topological polar surface area (TPSA) is 42.0 Å². The summed E-state index contributed by atoms with van der Waals surface area (Å²) in [5, 5.41) is 4.78. The van der Waals surface area contributed by atoms with E-state index in [2.05, 4.69) is 34.6 Å². The summed E-state index contributed by atoms with van der Waals surface area (Å²) in [5.41, 5.74) is 1.81. The zero-order valence-electron chi connectivity index (χ0n) is 14.7. The van der Waals surface area contributed by atoms with Crippen molar-refractivity contribution in [2.24, 2.45) is 0 Å². The third-order valence-corrected chi connectivity index (χ3v) is 5.65. The Morgan fingerprint density at radius 3 is 2.70 bits per heavy atom. The number of carbonyl (C=O) groups is 1. The molecule has 3 aromatic rings. The van der Waals surface area contributed by atoms with Gasteiger partial charge in [-0.1, -0.05) is 17.7 Å². The lowest BCUT2D eigenvalue weighted by Gasteiger charge is -2.03. The van der Waals surface area contributed by atoms with Crippen molar-refractivity contribution in [1.29, 1.82) is 0 Å². The lowest BCUT2D eigenvalue weighted by atomic mass is 10.1. The number of anilines is 1. The van der Waals surface area contributed by atoms with E-state index in [1.54, 1.807) is 17.1 Å². The summed E-state index contributed by atoms with van der Waals surface area (Å²) in [6, 6.07) is 11.6. The van der Waals surface area contributed by atoms with Gasteiger partial charge in [-0.05, 0) is 43.4 Å². The van der Waals surface area contributed by atoms with Crippen molar-refractivity contribution in [1.82, 2.24) is 4.98 Å². The molecule has 1 aromatic heterocycles. The van der Waals surface area contributed by atoms with Gasteiger partial charge in [-0.2, -0.15) is 0 Å². The molecule has 1 heterocycles. The monoisotopic (exact) mass is 404 g/mol. The number of aromatic nitrogens is 1. The number of nitrogens with one attached hydrogen (secondary N) is 1. The van der Waals surface area contributed by atoms with Crippen LogP contribution in [-0.4, -0.2) is 16.6 Å². The first-order chi connectivity index (χ1) is 13.0. The molecule has 0 radical (unpaired) electrons. The van der Waals surface area contributed by atoms with Crippen LogP contribution in [0.3, 0.4) is 0 Å². The molecule has 0 saturated heterocycles. The Morgan fingerprint density at radius 2 is 1.96 bits per heavy atom. The smallest absolute Gasteiger partial charge is 0.226 e. The summed E-state index contributed by atoms with van der Waals surface area (Å²) < 4.78 is 26.8. The zero-order chi connectivity index (χ0) is 19.2. The van der Waals surface area contributed by atoms with Crippen LogP contribution in [0.25, 0.3) is 11.3 Å². The highest BCUT2D eigenvalue weighted by molar-refractivity contribution is 7.99. The van der Waals surface area contributed by atoms with E-state index >= 15 is 0 Å². The first-order valence-electron chi connectivity index (χ1n) is 8.41. The molecule has 0 atom stereocenters. The molecule has 2 aromatic carbocycles. The van der Waals surface area contributed by atoms with E-state index in [-0.39, 0.29) is 11.5 Å². The summed E-state index contributed by atoms with van der Waals surface area (Å²) in [5.74, 6) is -0.588. The lowest BCUT2D eigenvalue weighted by molar-refractivity contribution is -0.116. The average molecular weight is 405 g/mol. The van der Waals surface area contributed by atoms with Crippen molar-refractivity contribution in [3.63, 3.8) is 0 Å². The van der Waals surface area contributed by atoms with Gasteiger partial charge in [0, 0.05) is 28.3 Å². The van der Waals surface area contributed by atoms with Gasteiger partial charge in [-0.3, -0.25) is 4.79 Å². The number of hydrogen-bond acceptors (Lipinski definition) is 4. The van der Waals surface area contributed by atoms with Gasteiger partial charge in [0.05, 0.1) is 5.69 Å². The van der Waals surface area contributed by atoms with E-state index in [1.807, 2.05) is 6.92 Å². The van der Waals surface area contributed by atoms with Crippen molar-refractivity contribution in [2.75, 3.05) is 11.1 Å². The molecular formula is C20H18F2N2OS2. The molecule has 0 spiro atoms. The second-order valence-corrected chi connectivity index (χ2v) is 8.00. The summed E-state index contributed by atoms with van der Waals surface area (Å²) in [7, 11) is 0. The van der Waals surface area contributed by atoms with Crippen LogP contribution in [0, 0.1) is 18.6 Å². The summed E-state index contributed by atoms with van der Waals surface area (Å²) >= 11 is 2.93. The quantitative estimate of drug-likeness (QED) is 0.393. The Balaban J connectivity index is 1.47. The average Bonchev–Trinajstić information content (AvgIpc) is 3.08. The Morgan fingerprint density at radius 1 is 1.19 bits per heavy atom. The molecule has 3 nitrogen and oxygen atoms in total. The summed E-state index contributed by atoms with van der Waals surface area (Å²) in [6.45, 7) is 2.05. The van der Waals surface area contributed by atoms with Crippen LogP contribution in [0.4, 0.5) is 13.9 Å². The Bertz CT molecular complexity index is 926. The maximum Gasteiger partial charge on any atom is 0.226 e. The minimum atomic E-state index is -0.675. The first kappa shape index (κ1) is 19.5. The van der Waals surface area contributed by atoms with Gasteiger partial charge in [-0.25, -0.2) is 13.8 Å². The number of thioether (sulfide) groups is 1. The molecule has 0 bridgehead atoms. The maximum atomic E-state index is 13.8. The predicted octanol–water partition coefficient (Wildman–Crippen LogP) is 5.91. The van der Waals surface area contributed by atoms with Crippen molar-refractivity contribution in [3.05, 3.63) is 65.0 Å². The Labute approximate surface area is 164 Å². The third kappa shape index (κ3) is 5.61. The van der Waals surface area contributed by atoms with Crippen LogP contribution < -0.4 is 5.32 Å². The van der Waals surface area contributed by atoms with Gasteiger partial charge in [0.1, 0.15) is 11.6 Å². The van der Waals surface area contributed by atoms with E-state index in [1.165, 1.54) is 33.9 Å². The van der Waals surface area contributed by atoms with E-state index < -0.39 is 11.6 Å². The molecule has 0 saturated carbocycles. The summed E-state index contributed by atoms with van der Waals surface area (Å²) in [6.07, 6.45) is 1.13. The minimum absolute atomic E-state index is 0.125. The molecule has 0 aliphatic rings. The number of amides is 1. The number of rotatable bonds is 7. The molecule has 140 valence electrons. The fraction of sp³-hybridized carbons (Fsp3) is 0.200. The van der Waals surface area contributed by atoms with Gasteiger partial charge in [0.15, 0.2) is 5.13 Å². The third-order valence-electron chi connectivity index (χ3n) is 3.80. The van der Waals surface area contributed by atoms with Gasteiger partial charge >= 0.3 is 0 Å². The summed E-state index contributed by atoms with van der Waals surface area (Å²) in [4.78, 5) is 17.4. The van der Waals surface area contributed by atoms with E-state index in [0.717, 1.165) is 18.2 Å². The first-order valence-corrected chi connectivity index (χ1v) is 10.3. The number of carbonyl (C=O) groups excluding carboxylic acids is 1. The highest BCUT2D eigenvalue weighted by atomic mass is 32.2. The molecule has 0 aliphatic carbocycles. The van der Waals surface area contributed by atoms with Gasteiger partial charge in [0.25, 0.3) is 0 Å². The van der Waals surface area contributed by atoms with E-state index in [0.29, 0.717) is 17.2 Å². The van der Waals surface area contributed by atoms with Crippen molar-refractivity contribution < 1.29 is 13.6 Å². The largest absolute Gasteiger partial charge is 0.302 e. The molecule has 0 fully saturated rings. The van der Waals surface area contributed by atoms with Crippen molar-refractivity contribution >= 4 is 34.1 Å². The second-order valence-electron chi connectivity index (χ2n) is 5.98. The number of nitrogens with zero attached hydrogens (tertiary/aromatic N) is 1. The highest BCUT2D eigenvalue weighted by Crippen LogP contribution is 2.27. The number of hydrogen-bond donors (Lipinski definition) is 1. The van der Waals surface area contributed by atoms with Crippen molar-refractivity contribution in [3.8, 4) is 11.3 Å². The van der Waals surface area contributed by atoms with E-state index in [9.17, 15) is 13.6 Å². The van der Waals surface area contributed by atoms with Gasteiger partial charge in [0.2, 0.25) is 5.91 Å². The fourth-order valence-electron chi connectivity index (χ4n) is 2.39. The van der Waals surface area contributed by atoms with Crippen LogP contribution in [0.15, 0.2) is 52.7 Å². The normalized spacial score (nSPS) is 10.8. The lowest BCUT2D eigenvalue weighted by Crippen LogP contribution is -2.11. The molecule has 7 heteroatoms. The Hall–Kier alpha value is -2.25. The minimum Gasteiger partial charge on any atom is -0.302 e. The van der Waals surface area contributed by atoms with E-state index in [4.69, 9.17) is 0 Å². The number of thiazole rings is 1. The molecule has 0 aliphatic heterocycles. The van der Waals surface area contributed by atoms with Gasteiger partial charge < -0.3 is 5.32 Å². The highest BCUT2D eigenvalue weighted by Gasteiger charge is 2.12. The van der Waals surface area contributed by atoms with Crippen LogP contribution in [0.5, 0.6) is 0 Å². The van der Waals surface area contributed by atoms with Crippen molar-refractivity contribution in [2.45, 2.75) is 24.7 Å². The standard InChI is InChI=1S/C20H18F2N2OS2/c1-13-4-7-15(8-5-13)26-10-2-3-19(25)24-20-23-18(12-27-20)16-9-6-14(21)11-17(16)22/h4-9,11-12H,2-3,10H2,1H3,(H,23,24,25). The molecule has 27 heavy (non-hydrogen) atoms.